The van der Waals surface area contributed by atoms with Crippen LogP contribution in [0.1, 0.15) is 25.8 Å². The first-order chi connectivity index (χ1) is 9.10. The number of hydrogen-bond acceptors (Lipinski definition) is 3. The molecule has 1 radical (unpaired) electrons. The summed E-state index contributed by atoms with van der Waals surface area (Å²) >= 11 is 0. The fourth-order valence-corrected chi connectivity index (χ4v) is 2.48. The lowest BCUT2D eigenvalue weighted by Gasteiger charge is -2.27. The number of nitrogen functional groups attached to an aromatic ring is 1. The van der Waals surface area contributed by atoms with Gasteiger partial charge in [-0.2, -0.15) is 0 Å². The van der Waals surface area contributed by atoms with Gasteiger partial charge in [-0.15, -0.1) is 0 Å². The van der Waals surface area contributed by atoms with Crippen molar-refractivity contribution in [2.75, 3.05) is 32.5 Å². The Kier molecular flexibility index (Phi) is 4.48. The van der Waals surface area contributed by atoms with Gasteiger partial charge in [0.1, 0.15) is 5.75 Å². The van der Waals surface area contributed by atoms with Crippen LogP contribution in [-0.2, 0) is 0 Å². The van der Waals surface area contributed by atoms with Crippen molar-refractivity contribution < 1.29 is 4.74 Å². The summed E-state index contributed by atoms with van der Waals surface area (Å²) in [5.41, 5.74) is 9.16. The van der Waals surface area contributed by atoms with Crippen LogP contribution in [0.5, 0.6) is 5.75 Å². The Morgan fingerprint density at radius 3 is 2.74 bits per heavy atom. The van der Waals surface area contributed by atoms with E-state index >= 15 is 0 Å². The first kappa shape index (κ1) is 13.9. The van der Waals surface area contributed by atoms with Gasteiger partial charge in [0.05, 0.1) is 12.8 Å². The summed E-state index contributed by atoms with van der Waals surface area (Å²) in [6.07, 6.45) is 3.40. The van der Waals surface area contributed by atoms with Gasteiger partial charge in [0.25, 0.3) is 0 Å². The van der Waals surface area contributed by atoms with E-state index in [1.54, 1.807) is 7.11 Å². The van der Waals surface area contributed by atoms with E-state index in [0.717, 1.165) is 31.8 Å². The molecular formula is C16H23N2O. The van der Waals surface area contributed by atoms with Crippen molar-refractivity contribution in [3.05, 3.63) is 35.8 Å². The van der Waals surface area contributed by atoms with Gasteiger partial charge in [-0.05, 0) is 35.6 Å². The van der Waals surface area contributed by atoms with Crippen molar-refractivity contribution in [1.82, 2.24) is 4.90 Å². The summed E-state index contributed by atoms with van der Waals surface area (Å²) in [5, 5.41) is 0. The summed E-state index contributed by atoms with van der Waals surface area (Å²) in [4.78, 5) is 2.47. The molecule has 0 bridgehead atoms. The molecule has 3 heteroatoms. The van der Waals surface area contributed by atoms with E-state index in [4.69, 9.17) is 10.5 Å². The molecule has 0 saturated heterocycles. The molecule has 0 aliphatic carbocycles. The summed E-state index contributed by atoms with van der Waals surface area (Å²) < 4.78 is 5.28. The molecule has 1 aromatic carbocycles. The maximum absolute atomic E-state index is 5.85. The summed E-state index contributed by atoms with van der Waals surface area (Å²) in [7, 11) is 1.66. The first-order valence-electron chi connectivity index (χ1n) is 6.74. The van der Waals surface area contributed by atoms with E-state index in [9.17, 15) is 0 Å². The van der Waals surface area contributed by atoms with E-state index in [1.165, 1.54) is 17.1 Å². The molecular weight excluding hydrogens is 236 g/mol. The second-order valence-electron chi connectivity index (χ2n) is 5.38. The summed E-state index contributed by atoms with van der Waals surface area (Å²) in [6.45, 7) is 7.60. The van der Waals surface area contributed by atoms with Gasteiger partial charge in [0.2, 0.25) is 0 Å². The molecule has 0 unspecified atom stereocenters. The van der Waals surface area contributed by atoms with Gasteiger partial charge in [-0.1, -0.05) is 26.0 Å². The molecule has 19 heavy (non-hydrogen) atoms. The van der Waals surface area contributed by atoms with Crippen molar-refractivity contribution >= 4 is 11.3 Å². The van der Waals surface area contributed by atoms with Crippen LogP contribution in [0.25, 0.3) is 5.57 Å². The second kappa shape index (κ2) is 6.11. The number of anilines is 1. The molecule has 3 nitrogen and oxygen atoms in total. The molecule has 0 atom stereocenters. The molecule has 103 valence electrons. The number of nitrogens with zero attached hydrogens (tertiary/aromatic N) is 1. The molecule has 0 aromatic heterocycles. The first-order valence-corrected chi connectivity index (χ1v) is 6.74. The van der Waals surface area contributed by atoms with Gasteiger partial charge in [0.15, 0.2) is 0 Å². The van der Waals surface area contributed by atoms with Crippen molar-refractivity contribution in [1.29, 1.82) is 0 Å². The molecule has 1 aliphatic heterocycles. The largest absolute Gasteiger partial charge is 0.495 e. The van der Waals surface area contributed by atoms with Crippen LogP contribution < -0.4 is 10.5 Å². The summed E-state index contributed by atoms with van der Waals surface area (Å²) in [5.74, 6) is 2.23. The Labute approximate surface area is 116 Å². The topological polar surface area (TPSA) is 38.5 Å². The zero-order valence-corrected chi connectivity index (χ0v) is 12.1. The quantitative estimate of drug-likeness (QED) is 0.845. The van der Waals surface area contributed by atoms with Crippen molar-refractivity contribution in [2.24, 2.45) is 0 Å². The maximum atomic E-state index is 5.85. The highest BCUT2D eigenvalue weighted by atomic mass is 16.5. The Hall–Kier alpha value is -1.48. The van der Waals surface area contributed by atoms with Gasteiger partial charge in [-0.3, -0.25) is 4.90 Å². The Balaban J connectivity index is 2.09. The number of hydrogen-bond donors (Lipinski definition) is 1. The minimum absolute atomic E-state index is 0.695. The van der Waals surface area contributed by atoms with E-state index in [0.29, 0.717) is 5.69 Å². The lowest BCUT2D eigenvalue weighted by Crippen LogP contribution is -2.31. The van der Waals surface area contributed by atoms with Crippen LogP contribution in [0.15, 0.2) is 24.3 Å². The third-order valence-corrected chi connectivity index (χ3v) is 3.44. The van der Waals surface area contributed by atoms with E-state index in [2.05, 4.69) is 30.9 Å². The van der Waals surface area contributed by atoms with Gasteiger partial charge < -0.3 is 10.5 Å². The van der Waals surface area contributed by atoms with Crippen molar-refractivity contribution in [2.45, 2.75) is 20.3 Å². The summed E-state index contributed by atoms with van der Waals surface area (Å²) in [6, 6.07) is 6.04. The van der Waals surface area contributed by atoms with Crippen LogP contribution in [-0.4, -0.2) is 31.6 Å². The highest BCUT2D eigenvalue weighted by molar-refractivity contribution is 5.70. The third-order valence-electron chi connectivity index (χ3n) is 3.44. The van der Waals surface area contributed by atoms with Gasteiger partial charge in [0, 0.05) is 19.6 Å². The fourth-order valence-electron chi connectivity index (χ4n) is 2.48. The molecule has 0 spiro atoms. The smallest absolute Gasteiger partial charge is 0.142 e. The highest BCUT2D eigenvalue weighted by Gasteiger charge is 2.14. The number of rotatable bonds is 4. The Bertz CT molecular complexity index is 466. The monoisotopic (exact) mass is 259 g/mol. The normalized spacial score (nSPS) is 16.5. The minimum Gasteiger partial charge on any atom is -0.495 e. The number of nitrogens with two attached hydrogens (primary N) is 1. The number of methoxy groups -OCH3 is 1. The molecule has 0 amide bonds. The fraction of sp³-hybridized carbons (Fsp3) is 0.438. The predicted molar refractivity (Wildman–Crippen MR) is 81.0 cm³/mol. The molecule has 1 aromatic rings. The molecule has 1 aliphatic rings. The lowest BCUT2D eigenvalue weighted by atomic mass is 9.98. The highest BCUT2D eigenvalue weighted by Crippen LogP contribution is 2.29. The average Bonchev–Trinajstić information content (AvgIpc) is 2.40. The van der Waals surface area contributed by atoms with Crippen molar-refractivity contribution in [3.63, 3.8) is 0 Å². The van der Waals surface area contributed by atoms with E-state index < -0.39 is 0 Å². The van der Waals surface area contributed by atoms with E-state index in [-0.39, 0.29) is 0 Å². The van der Waals surface area contributed by atoms with Crippen LogP contribution in [0.4, 0.5) is 5.69 Å². The van der Waals surface area contributed by atoms with Crippen LogP contribution in [0.2, 0.25) is 0 Å². The minimum atomic E-state index is 0.695. The molecule has 1 heterocycles. The van der Waals surface area contributed by atoms with Crippen molar-refractivity contribution in [3.8, 4) is 5.75 Å². The standard InChI is InChI=1S/C16H23N2O/c1-12(2)11-18-8-6-13(7-9-18)14-4-5-15(17)16(10-14)19-3/h4-6,10H,7-9,11,17H2,1-3H3. The zero-order chi connectivity index (χ0) is 13.8. The molecule has 2 rings (SSSR count). The Morgan fingerprint density at radius 1 is 1.37 bits per heavy atom. The van der Waals surface area contributed by atoms with Crippen LogP contribution >= 0.6 is 0 Å². The molecule has 2 N–H and O–H groups in total. The average molecular weight is 259 g/mol. The predicted octanol–water partition coefficient (Wildman–Crippen LogP) is 2.98. The van der Waals surface area contributed by atoms with E-state index in [1.807, 2.05) is 12.1 Å². The zero-order valence-electron chi connectivity index (χ0n) is 12.1. The SMILES string of the molecule is COc1cc(C2=CCN(C[C](C)C)CC2)ccc1N. The maximum Gasteiger partial charge on any atom is 0.142 e. The second-order valence-corrected chi connectivity index (χ2v) is 5.38. The van der Waals surface area contributed by atoms with Crippen LogP contribution in [0, 0.1) is 5.92 Å². The number of benzene rings is 1. The molecule has 0 saturated carbocycles. The number of ether oxygens (including phenoxy) is 1. The third kappa shape index (κ3) is 3.51. The van der Waals surface area contributed by atoms with Crippen LogP contribution in [0.3, 0.4) is 0 Å². The lowest BCUT2D eigenvalue weighted by molar-refractivity contribution is 0.313. The molecule has 0 fully saturated rings. The van der Waals surface area contributed by atoms with Gasteiger partial charge in [-0.25, -0.2) is 0 Å². The van der Waals surface area contributed by atoms with Gasteiger partial charge >= 0.3 is 0 Å². The Morgan fingerprint density at radius 2 is 2.16 bits per heavy atom.